The Labute approximate surface area is 81.3 Å². The van der Waals surface area contributed by atoms with Crippen LogP contribution in [0, 0.1) is 10.8 Å². The summed E-state index contributed by atoms with van der Waals surface area (Å²) >= 11 is 0. The van der Waals surface area contributed by atoms with Crippen LogP contribution in [0.15, 0.2) is 0 Å². The van der Waals surface area contributed by atoms with Crippen molar-refractivity contribution in [2.24, 2.45) is 10.8 Å². The molecule has 0 unspecified atom stereocenters. The molecule has 0 spiro atoms. The monoisotopic (exact) mass is 186 g/mol. The molecule has 0 fully saturated rings. The summed E-state index contributed by atoms with van der Waals surface area (Å²) in [6, 6.07) is 0. The van der Waals surface area contributed by atoms with Gasteiger partial charge in [-0.25, -0.2) is 0 Å². The lowest BCUT2D eigenvalue weighted by Crippen LogP contribution is -2.31. The second-order valence-corrected chi connectivity index (χ2v) is 4.88. The van der Waals surface area contributed by atoms with Gasteiger partial charge in [-0.2, -0.15) is 0 Å². The molecule has 1 N–H and O–H groups in total. The number of aliphatic carboxylic acids is 1. The van der Waals surface area contributed by atoms with Gasteiger partial charge in [0.15, 0.2) is 0 Å². The van der Waals surface area contributed by atoms with Crippen LogP contribution >= 0.6 is 0 Å². The molecule has 0 aromatic rings. The van der Waals surface area contributed by atoms with Gasteiger partial charge < -0.3 is 5.11 Å². The Morgan fingerprint density at radius 3 is 1.77 bits per heavy atom. The molecule has 2 heteroatoms. The van der Waals surface area contributed by atoms with Gasteiger partial charge in [-0.05, 0) is 25.7 Å². The fourth-order valence-corrected chi connectivity index (χ4v) is 1.64. The summed E-state index contributed by atoms with van der Waals surface area (Å²) in [6.45, 7) is 10.0. The lowest BCUT2D eigenvalue weighted by molar-refractivity contribution is -0.148. The minimum Gasteiger partial charge on any atom is -0.481 e. The van der Waals surface area contributed by atoms with Crippen LogP contribution < -0.4 is 0 Å². The predicted molar refractivity (Wildman–Crippen MR) is 54.7 cm³/mol. The van der Waals surface area contributed by atoms with E-state index in [1.807, 2.05) is 0 Å². The summed E-state index contributed by atoms with van der Waals surface area (Å²) in [5.74, 6) is -0.694. The van der Waals surface area contributed by atoms with Crippen LogP contribution in [-0.4, -0.2) is 11.1 Å². The van der Waals surface area contributed by atoms with E-state index in [0.717, 1.165) is 19.3 Å². The van der Waals surface area contributed by atoms with E-state index < -0.39 is 11.4 Å². The van der Waals surface area contributed by atoms with Gasteiger partial charge in [0.25, 0.3) is 0 Å². The molecule has 0 aliphatic carbocycles. The van der Waals surface area contributed by atoms with Crippen LogP contribution in [0.25, 0.3) is 0 Å². The van der Waals surface area contributed by atoms with Crippen molar-refractivity contribution in [3.8, 4) is 0 Å². The lowest BCUT2D eigenvalue weighted by Gasteiger charge is -2.33. The summed E-state index contributed by atoms with van der Waals surface area (Å²) in [6.07, 6.45) is 2.84. The standard InChI is InChI=1S/C11H22O2/c1-6-11(5,7-2)8-10(3,4)9(12)13/h6-8H2,1-5H3,(H,12,13). The molecule has 2 nitrogen and oxygen atoms in total. The Morgan fingerprint density at radius 1 is 1.15 bits per heavy atom. The van der Waals surface area contributed by atoms with Gasteiger partial charge in [0.2, 0.25) is 0 Å². The molecule has 0 heterocycles. The van der Waals surface area contributed by atoms with Crippen LogP contribution in [0.4, 0.5) is 0 Å². The second-order valence-electron chi connectivity index (χ2n) is 4.88. The first-order chi connectivity index (χ1) is 5.77. The number of rotatable bonds is 5. The Bertz CT molecular complexity index is 179. The fourth-order valence-electron chi connectivity index (χ4n) is 1.64. The number of carboxylic acids is 1. The largest absolute Gasteiger partial charge is 0.481 e. The average Bonchev–Trinajstić information content (AvgIpc) is 2.03. The molecule has 0 radical (unpaired) electrons. The summed E-state index contributed by atoms with van der Waals surface area (Å²) < 4.78 is 0. The van der Waals surface area contributed by atoms with Crippen LogP contribution in [0.3, 0.4) is 0 Å². The van der Waals surface area contributed by atoms with Gasteiger partial charge in [-0.3, -0.25) is 4.79 Å². The number of carboxylic acid groups (broad SMARTS) is 1. The molecule has 0 rings (SSSR count). The highest BCUT2D eigenvalue weighted by atomic mass is 16.4. The maximum atomic E-state index is 10.9. The van der Waals surface area contributed by atoms with Crippen LogP contribution in [0.5, 0.6) is 0 Å². The zero-order valence-corrected chi connectivity index (χ0v) is 9.48. The first-order valence-electron chi connectivity index (χ1n) is 5.01. The van der Waals surface area contributed by atoms with E-state index in [1.54, 1.807) is 13.8 Å². The lowest BCUT2D eigenvalue weighted by atomic mass is 9.71. The number of hydrogen-bond acceptors (Lipinski definition) is 1. The normalized spacial score (nSPS) is 13.0. The van der Waals surface area contributed by atoms with E-state index in [4.69, 9.17) is 5.11 Å². The molecule has 0 aliphatic heterocycles. The minimum atomic E-state index is -0.694. The van der Waals surface area contributed by atoms with E-state index in [-0.39, 0.29) is 5.41 Å². The average molecular weight is 186 g/mol. The van der Waals surface area contributed by atoms with E-state index in [1.165, 1.54) is 0 Å². The molecule has 0 atom stereocenters. The topological polar surface area (TPSA) is 37.3 Å². The summed E-state index contributed by atoms with van der Waals surface area (Å²) in [5.41, 5.74) is -0.428. The van der Waals surface area contributed by atoms with Crippen molar-refractivity contribution < 1.29 is 9.90 Å². The van der Waals surface area contributed by atoms with Gasteiger partial charge in [0.05, 0.1) is 5.41 Å². The Kier molecular flexibility index (Phi) is 3.95. The number of hydrogen-bond donors (Lipinski definition) is 1. The molecule has 13 heavy (non-hydrogen) atoms. The summed E-state index contributed by atoms with van der Waals surface area (Å²) in [5, 5.41) is 9.00. The second kappa shape index (κ2) is 4.12. The number of carbonyl (C=O) groups is 1. The zero-order chi connectivity index (χ0) is 10.7. The third-order valence-electron chi connectivity index (χ3n) is 3.15. The van der Waals surface area contributed by atoms with Gasteiger partial charge in [0, 0.05) is 0 Å². The molecule has 0 saturated carbocycles. The van der Waals surface area contributed by atoms with Crippen molar-refractivity contribution in [3.63, 3.8) is 0 Å². The molecule has 0 aromatic carbocycles. The van der Waals surface area contributed by atoms with E-state index in [9.17, 15) is 4.79 Å². The molecular formula is C11H22O2. The van der Waals surface area contributed by atoms with Crippen molar-refractivity contribution in [1.82, 2.24) is 0 Å². The molecule has 0 aromatic heterocycles. The zero-order valence-electron chi connectivity index (χ0n) is 9.48. The first-order valence-corrected chi connectivity index (χ1v) is 5.01. The van der Waals surface area contributed by atoms with Crippen molar-refractivity contribution in [3.05, 3.63) is 0 Å². The highest BCUT2D eigenvalue weighted by Crippen LogP contribution is 2.38. The minimum absolute atomic E-state index is 0.169. The molecule has 78 valence electrons. The first kappa shape index (κ1) is 12.5. The van der Waals surface area contributed by atoms with Gasteiger partial charge in [-0.1, -0.05) is 33.6 Å². The van der Waals surface area contributed by atoms with Crippen molar-refractivity contribution in [1.29, 1.82) is 0 Å². The molecular weight excluding hydrogens is 164 g/mol. The SMILES string of the molecule is CCC(C)(CC)CC(C)(C)C(=O)O. The maximum Gasteiger partial charge on any atom is 0.309 e. The van der Waals surface area contributed by atoms with Gasteiger partial charge in [0.1, 0.15) is 0 Å². The Morgan fingerprint density at radius 2 is 1.54 bits per heavy atom. The van der Waals surface area contributed by atoms with Crippen molar-refractivity contribution >= 4 is 5.97 Å². The Balaban J connectivity index is 4.48. The van der Waals surface area contributed by atoms with Crippen LogP contribution in [-0.2, 0) is 4.79 Å². The van der Waals surface area contributed by atoms with Gasteiger partial charge >= 0.3 is 5.97 Å². The van der Waals surface area contributed by atoms with E-state index >= 15 is 0 Å². The molecule has 0 amide bonds. The summed E-state index contributed by atoms with van der Waals surface area (Å²) in [7, 11) is 0. The predicted octanol–water partition coefficient (Wildman–Crippen LogP) is 3.31. The molecule has 0 aliphatic rings. The smallest absolute Gasteiger partial charge is 0.309 e. The van der Waals surface area contributed by atoms with E-state index in [0.29, 0.717) is 0 Å². The molecule has 0 bridgehead atoms. The quantitative estimate of drug-likeness (QED) is 0.715. The third-order valence-corrected chi connectivity index (χ3v) is 3.15. The summed E-state index contributed by atoms with van der Waals surface area (Å²) in [4.78, 5) is 10.9. The Hall–Kier alpha value is -0.530. The third kappa shape index (κ3) is 3.37. The van der Waals surface area contributed by atoms with E-state index in [2.05, 4.69) is 20.8 Å². The van der Waals surface area contributed by atoms with Crippen LogP contribution in [0.1, 0.15) is 53.9 Å². The van der Waals surface area contributed by atoms with Gasteiger partial charge in [-0.15, -0.1) is 0 Å². The van der Waals surface area contributed by atoms with Crippen molar-refractivity contribution in [2.45, 2.75) is 53.9 Å². The van der Waals surface area contributed by atoms with Crippen LogP contribution in [0.2, 0.25) is 0 Å². The molecule has 0 saturated heterocycles. The highest BCUT2D eigenvalue weighted by molar-refractivity contribution is 5.73. The van der Waals surface area contributed by atoms with Crippen molar-refractivity contribution in [2.75, 3.05) is 0 Å². The highest BCUT2D eigenvalue weighted by Gasteiger charge is 2.35. The fraction of sp³-hybridized carbons (Fsp3) is 0.909. The maximum absolute atomic E-state index is 10.9.